The van der Waals surface area contributed by atoms with Crippen LogP contribution in [0.25, 0.3) is 74.7 Å². The highest BCUT2D eigenvalue weighted by Crippen LogP contribution is 2.53. The largest absolute Gasteiger partial charge is 0.310 e. The Labute approximate surface area is 313 Å². The van der Waals surface area contributed by atoms with Gasteiger partial charge < -0.3 is 4.90 Å². The summed E-state index contributed by atoms with van der Waals surface area (Å²) in [7, 11) is 0. The van der Waals surface area contributed by atoms with E-state index in [4.69, 9.17) is 0 Å². The van der Waals surface area contributed by atoms with Crippen LogP contribution in [-0.2, 0) is 5.41 Å². The Hall–Kier alpha value is -6.22. The summed E-state index contributed by atoms with van der Waals surface area (Å²) in [6.45, 7) is 4.78. The molecule has 53 heavy (non-hydrogen) atoms. The molecule has 9 aromatic carbocycles. The first kappa shape index (κ1) is 30.4. The van der Waals surface area contributed by atoms with Crippen LogP contribution in [0.1, 0.15) is 25.0 Å². The van der Waals surface area contributed by atoms with Crippen molar-refractivity contribution in [3.8, 4) is 22.3 Å². The average Bonchev–Trinajstić information content (AvgIpc) is 3.67. The molecule has 1 aromatic heterocycles. The van der Waals surface area contributed by atoms with E-state index in [1.54, 1.807) is 0 Å². The van der Waals surface area contributed by atoms with Gasteiger partial charge in [-0.25, -0.2) is 0 Å². The van der Waals surface area contributed by atoms with E-state index in [0.29, 0.717) is 0 Å². The molecule has 0 saturated carbocycles. The molecular weight excluding hydrogens is 659 g/mol. The molecule has 1 heterocycles. The zero-order valence-corrected chi connectivity index (χ0v) is 30.4. The molecule has 0 aliphatic heterocycles. The van der Waals surface area contributed by atoms with Crippen molar-refractivity contribution in [2.24, 2.45) is 0 Å². The molecular formula is C51H35NS. The van der Waals surface area contributed by atoms with E-state index in [-0.39, 0.29) is 5.41 Å². The molecule has 0 atom stereocenters. The second-order valence-electron chi connectivity index (χ2n) is 15.0. The number of nitrogens with zero attached hydrogens (tertiary/aromatic N) is 1. The Morgan fingerprint density at radius 3 is 1.85 bits per heavy atom. The Morgan fingerprint density at radius 2 is 1.02 bits per heavy atom. The molecule has 1 aliphatic carbocycles. The summed E-state index contributed by atoms with van der Waals surface area (Å²) in [6, 6.07) is 65.6. The van der Waals surface area contributed by atoms with Gasteiger partial charge in [0.15, 0.2) is 0 Å². The molecule has 2 heteroatoms. The molecule has 11 rings (SSSR count). The number of thiophene rings is 1. The zero-order valence-electron chi connectivity index (χ0n) is 29.6. The SMILES string of the molecule is CC1(C)c2cc(N(c3ccc4c(c3)sc3ccccc34)c3ccc4ccccc4c3-c3ccc4ccccc4c3)ccc2-c2cc3ccccc3cc21. The third-order valence-electron chi connectivity index (χ3n) is 11.6. The lowest BCUT2D eigenvalue weighted by molar-refractivity contribution is 0.661. The standard InChI is InChI=1S/C51H35NS/c1-51(2)45-29-36-15-6-5-14-35(36)28-44(45)41-24-22-38(30-46(41)51)52(39-23-25-43-42-17-9-10-18-48(42)53-49(43)31-39)47-26-21-33-12-7-8-16-40(33)50(47)37-20-19-32-11-3-4-13-34(32)27-37/h3-31H,1-2H3. The van der Waals surface area contributed by atoms with E-state index in [2.05, 4.69) is 195 Å². The third kappa shape index (κ3) is 4.62. The first-order valence-corrected chi connectivity index (χ1v) is 19.2. The van der Waals surface area contributed by atoms with E-state index >= 15 is 0 Å². The first-order valence-electron chi connectivity index (χ1n) is 18.4. The topological polar surface area (TPSA) is 3.24 Å². The highest BCUT2D eigenvalue weighted by atomic mass is 32.1. The van der Waals surface area contributed by atoms with Gasteiger partial charge in [0.05, 0.1) is 5.69 Å². The van der Waals surface area contributed by atoms with E-state index in [1.807, 2.05) is 11.3 Å². The molecule has 0 N–H and O–H groups in total. The average molecular weight is 694 g/mol. The van der Waals surface area contributed by atoms with Crippen molar-refractivity contribution < 1.29 is 0 Å². The molecule has 0 saturated heterocycles. The minimum Gasteiger partial charge on any atom is -0.310 e. The van der Waals surface area contributed by atoms with Gasteiger partial charge in [-0.05, 0) is 115 Å². The molecule has 250 valence electrons. The summed E-state index contributed by atoms with van der Waals surface area (Å²) in [5.41, 5.74) is 11.2. The van der Waals surface area contributed by atoms with Gasteiger partial charge in [-0.3, -0.25) is 0 Å². The van der Waals surface area contributed by atoms with Gasteiger partial charge in [-0.1, -0.05) is 135 Å². The maximum absolute atomic E-state index is 2.51. The van der Waals surface area contributed by atoms with E-state index in [0.717, 1.165) is 11.4 Å². The normalized spacial score (nSPS) is 13.2. The molecule has 0 bridgehead atoms. The Kier molecular flexibility index (Phi) is 6.53. The fraction of sp³-hybridized carbons (Fsp3) is 0.0588. The predicted molar refractivity (Wildman–Crippen MR) is 230 cm³/mol. The lowest BCUT2D eigenvalue weighted by Crippen LogP contribution is -2.17. The van der Waals surface area contributed by atoms with Crippen LogP contribution in [0.2, 0.25) is 0 Å². The number of hydrogen-bond acceptors (Lipinski definition) is 2. The van der Waals surface area contributed by atoms with Crippen molar-refractivity contribution in [2.45, 2.75) is 19.3 Å². The molecule has 10 aromatic rings. The first-order chi connectivity index (χ1) is 26.0. The lowest BCUT2D eigenvalue weighted by atomic mass is 9.81. The Balaban J connectivity index is 1.19. The van der Waals surface area contributed by atoms with Crippen LogP contribution < -0.4 is 4.90 Å². The van der Waals surface area contributed by atoms with Gasteiger partial charge in [-0.2, -0.15) is 0 Å². The molecule has 0 amide bonds. The Bertz CT molecular complexity index is 3110. The smallest absolute Gasteiger partial charge is 0.0546 e. The zero-order chi connectivity index (χ0) is 35.3. The van der Waals surface area contributed by atoms with E-state index in [1.165, 1.54) is 91.6 Å². The van der Waals surface area contributed by atoms with Crippen LogP contribution in [0.15, 0.2) is 176 Å². The maximum atomic E-state index is 2.51. The fourth-order valence-corrected chi connectivity index (χ4v) is 10.1. The molecule has 1 nitrogen and oxygen atoms in total. The van der Waals surface area contributed by atoms with E-state index in [9.17, 15) is 0 Å². The van der Waals surface area contributed by atoms with Gasteiger partial charge in [0, 0.05) is 42.5 Å². The van der Waals surface area contributed by atoms with Crippen LogP contribution in [0.4, 0.5) is 17.1 Å². The maximum Gasteiger partial charge on any atom is 0.0546 e. The van der Waals surface area contributed by atoms with Crippen LogP contribution >= 0.6 is 11.3 Å². The molecule has 0 fully saturated rings. The second kappa shape index (κ2) is 11.4. The highest BCUT2D eigenvalue weighted by molar-refractivity contribution is 7.25. The molecule has 0 spiro atoms. The van der Waals surface area contributed by atoms with Gasteiger partial charge >= 0.3 is 0 Å². The van der Waals surface area contributed by atoms with Gasteiger partial charge in [0.2, 0.25) is 0 Å². The van der Waals surface area contributed by atoms with Gasteiger partial charge in [0.1, 0.15) is 0 Å². The van der Waals surface area contributed by atoms with Crippen molar-refractivity contribution in [2.75, 3.05) is 4.90 Å². The number of anilines is 3. The predicted octanol–water partition coefficient (Wildman–Crippen LogP) is 15.0. The number of rotatable bonds is 4. The van der Waals surface area contributed by atoms with E-state index < -0.39 is 0 Å². The minimum atomic E-state index is -0.156. The molecule has 1 aliphatic rings. The van der Waals surface area contributed by atoms with Crippen molar-refractivity contribution in [3.63, 3.8) is 0 Å². The third-order valence-corrected chi connectivity index (χ3v) is 12.7. The molecule has 0 radical (unpaired) electrons. The summed E-state index contributed by atoms with van der Waals surface area (Å²) in [6.07, 6.45) is 0. The van der Waals surface area contributed by atoms with Crippen LogP contribution in [0.3, 0.4) is 0 Å². The Morgan fingerprint density at radius 1 is 0.415 bits per heavy atom. The summed E-state index contributed by atoms with van der Waals surface area (Å²) < 4.78 is 2.61. The van der Waals surface area contributed by atoms with Crippen LogP contribution in [-0.4, -0.2) is 0 Å². The molecule has 0 unspecified atom stereocenters. The fourth-order valence-electron chi connectivity index (χ4n) is 8.92. The number of fused-ring (bicyclic) bond motifs is 9. The van der Waals surface area contributed by atoms with Crippen molar-refractivity contribution in [3.05, 3.63) is 187 Å². The van der Waals surface area contributed by atoms with Gasteiger partial charge in [-0.15, -0.1) is 11.3 Å². The highest BCUT2D eigenvalue weighted by Gasteiger charge is 2.36. The lowest BCUT2D eigenvalue weighted by Gasteiger charge is -2.30. The summed E-state index contributed by atoms with van der Waals surface area (Å²) in [4.78, 5) is 2.51. The number of hydrogen-bond donors (Lipinski definition) is 0. The minimum absolute atomic E-state index is 0.156. The van der Waals surface area contributed by atoms with Crippen LogP contribution in [0, 0.1) is 0 Å². The monoisotopic (exact) mass is 693 g/mol. The number of benzene rings is 9. The van der Waals surface area contributed by atoms with Crippen molar-refractivity contribution in [1.29, 1.82) is 0 Å². The van der Waals surface area contributed by atoms with Gasteiger partial charge in [0.25, 0.3) is 0 Å². The second-order valence-corrected chi connectivity index (χ2v) is 16.0. The summed E-state index contributed by atoms with van der Waals surface area (Å²) >= 11 is 1.87. The summed E-state index contributed by atoms with van der Waals surface area (Å²) in [5, 5.41) is 10.2. The van der Waals surface area contributed by atoms with Crippen molar-refractivity contribution in [1.82, 2.24) is 0 Å². The summed E-state index contributed by atoms with van der Waals surface area (Å²) in [5.74, 6) is 0. The van der Waals surface area contributed by atoms with Crippen molar-refractivity contribution >= 4 is 80.9 Å². The quantitative estimate of drug-likeness (QED) is 0.177. The van der Waals surface area contributed by atoms with Crippen LogP contribution in [0.5, 0.6) is 0 Å².